The van der Waals surface area contributed by atoms with Crippen LogP contribution in [0.25, 0.3) is 32.1 Å². The number of likely N-dealkylation sites (tertiary alicyclic amines) is 1. The lowest BCUT2D eigenvalue weighted by atomic mass is 9.76. The second-order valence-electron chi connectivity index (χ2n) is 16.1. The number of benzene rings is 2. The first-order valence-corrected chi connectivity index (χ1v) is 21.7. The number of fused-ring (bicyclic) bond motifs is 4. The summed E-state index contributed by atoms with van der Waals surface area (Å²) < 4.78 is 45.8. The van der Waals surface area contributed by atoms with Crippen molar-refractivity contribution in [3.8, 4) is 23.2 Å². The second-order valence-corrected chi connectivity index (χ2v) is 18.0. The fourth-order valence-corrected chi connectivity index (χ4v) is 10.8. The van der Waals surface area contributed by atoms with Gasteiger partial charge in [-0.05, 0) is 82.7 Å². The lowest BCUT2D eigenvalue weighted by molar-refractivity contribution is 0.0133. The van der Waals surface area contributed by atoms with Crippen molar-refractivity contribution in [2.75, 3.05) is 64.7 Å². The van der Waals surface area contributed by atoms with Gasteiger partial charge in [0.2, 0.25) is 0 Å². The molecule has 6 heterocycles. The average molecular weight is 867 g/mol. The highest BCUT2D eigenvalue weighted by molar-refractivity contribution is 7.23. The van der Waals surface area contributed by atoms with Crippen LogP contribution in [0.3, 0.4) is 0 Å². The first-order valence-electron chi connectivity index (χ1n) is 20.2. The molecule has 3 aliphatic heterocycles. The maximum Gasteiger partial charge on any atom is 0.319 e. The number of nitrogens with two attached hydrogens (primary N) is 1. The Bertz CT molecular complexity index is 2460. The van der Waals surface area contributed by atoms with Gasteiger partial charge in [-0.25, -0.2) is 8.78 Å². The predicted octanol–water partition coefficient (Wildman–Crippen LogP) is 8.69. The minimum Gasteiger partial charge on any atom is -0.463 e. The fourth-order valence-electron chi connectivity index (χ4n) is 9.30. The predicted molar refractivity (Wildman–Crippen MR) is 227 cm³/mol. The molecule has 0 radical (unpaired) electrons. The van der Waals surface area contributed by atoms with Gasteiger partial charge in [0.15, 0.2) is 11.5 Å². The third-order valence-corrected chi connectivity index (χ3v) is 13.9. The second kappa shape index (κ2) is 17.0. The van der Waals surface area contributed by atoms with E-state index in [1.165, 1.54) is 36.3 Å². The number of piperidine rings is 1. The zero-order chi connectivity index (χ0) is 41.6. The van der Waals surface area contributed by atoms with Crippen LogP contribution in [0.1, 0.15) is 79.5 Å². The monoisotopic (exact) mass is 865 g/mol. The van der Waals surface area contributed by atoms with Crippen molar-refractivity contribution in [1.82, 2.24) is 29.5 Å². The Balaban J connectivity index is 0.000000742. The molecule has 4 aliphatic rings. The molecule has 2 atom stereocenters. The molecule has 3 aromatic heterocycles. The minimum atomic E-state index is -0.770. The third kappa shape index (κ3) is 7.67. The highest BCUT2D eigenvalue weighted by Crippen LogP contribution is 2.49. The molecule has 2 saturated heterocycles. The van der Waals surface area contributed by atoms with Gasteiger partial charge >= 0.3 is 6.01 Å². The maximum atomic E-state index is 17.3. The summed E-state index contributed by atoms with van der Waals surface area (Å²) in [6.07, 6.45) is 9.84. The number of nitrogen functional groups attached to an aromatic ring is 1. The topological polar surface area (TPSA) is 139 Å². The van der Waals surface area contributed by atoms with Crippen molar-refractivity contribution in [3.63, 3.8) is 0 Å². The van der Waals surface area contributed by atoms with Gasteiger partial charge in [-0.3, -0.25) is 9.48 Å². The molecule has 3 fully saturated rings. The summed E-state index contributed by atoms with van der Waals surface area (Å²) in [5.74, 6) is -1.28. The summed E-state index contributed by atoms with van der Waals surface area (Å²) in [6, 6.07) is 6.66. The van der Waals surface area contributed by atoms with E-state index >= 15 is 8.78 Å². The number of carbonyl (C=O) groups is 1. The molecule has 9 rings (SSSR count). The van der Waals surface area contributed by atoms with Gasteiger partial charge in [0.1, 0.15) is 28.2 Å². The number of nitriles is 1. The number of hydrogen-bond donors (Lipinski definition) is 1. The van der Waals surface area contributed by atoms with Crippen LogP contribution in [-0.2, 0) is 17.8 Å². The molecule has 5 aromatic rings. The molecular weight excluding hydrogens is 819 g/mol. The van der Waals surface area contributed by atoms with Gasteiger partial charge in [0, 0.05) is 68.2 Å². The zero-order valence-corrected chi connectivity index (χ0v) is 35.8. The number of anilines is 2. The highest BCUT2D eigenvalue weighted by Gasteiger charge is 2.47. The average Bonchev–Trinajstić information content (AvgIpc) is 3.86. The van der Waals surface area contributed by atoms with Crippen LogP contribution < -0.4 is 15.4 Å². The Morgan fingerprint density at radius 1 is 1.10 bits per heavy atom. The number of thiophene rings is 1. The van der Waals surface area contributed by atoms with E-state index in [9.17, 15) is 10.1 Å². The van der Waals surface area contributed by atoms with Gasteiger partial charge in [-0.2, -0.15) is 20.3 Å². The van der Waals surface area contributed by atoms with Crippen LogP contribution >= 0.6 is 34.5 Å². The molecule has 2 aromatic carbocycles. The number of nitrogens with zero attached hydrogens (tertiary/aromatic N) is 8. The minimum absolute atomic E-state index is 0.0157. The van der Waals surface area contributed by atoms with Gasteiger partial charge in [-0.1, -0.05) is 35.7 Å². The Labute approximate surface area is 355 Å². The lowest BCUT2D eigenvalue weighted by Crippen LogP contribution is -2.50. The number of aromatic nitrogens is 4. The molecular formula is C42H47Cl2F2N9O3S. The summed E-state index contributed by atoms with van der Waals surface area (Å²) >= 11 is 14.7. The van der Waals surface area contributed by atoms with Crippen molar-refractivity contribution in [3.05, 3.63) is 56.8 Å². The van der Waals surface area contributed by atoms with Crippen molar-refractivity contribution in [2.24, 2.45) is 5.41 Å². The van der Waals surface area contributed by atoms with E-state index in [0.29, 0.717) is 49.1 Å². The lowest BCUT2D eigenvalue weighted by Gasteiger charge is -2.44. The summed E-state index contributed by atoms with van der Waals surface area (Å²) in [7, 11) is 5.44. The van der Waals surface area contributed by atoms with Crippen molar-refractivity contribution < 1.29 is 23.0 Å². The van der Waals surface area contributed by atoms with E-state index in [1.807, 2.05) is 4.90 Å². The SMILES string of the molecule is C1CCOCC1.CN(C)C(=O)c1nn2c(c1Cl)CN(c1nc(OCC34CCCC3N(C)CCC4)nc3c(F)c(-c4ccc(F)c5sc(N)c(C#N)c45)c(Cl)cc13)CCC2. The number of aryl methyl sites for hydroxylation is 1. The molecule has 0 bridgehead atoms. The van der Waals surface area contributed by atoms with E-state index in [2.05, 4.69) is 28.1 Å². The standard InChI is InChI=1S/C37H37Cl2F2N9O2S.C5H10O/c1-47(2)35(51)31-28(39)24-17-49(13-6-14-50(24)46-31)34-20-15-22(38)27(19-8-9-23(40)32-26(19)21(16-42)33(43)53-32)29(41)30(20)44-36(45-34)52-18-37-10-4-7-25(37)48(3)12-5-11-37;1-2-4-6-5-3-1/h8-9,15,25H,4-7,10-14,17-18,43H2,1-3H3;1-5H2. The number of carbonyl (C=O) groups excluding carboxylic acids is 1. The number of rotatable bonds is 6. The van der Waals surface area contributed by atoms with Gasteiger partial charge < -0.3 is 29.9 Å². The van der Waals surface area contributed by atoms with Crippen molar-refractivity contribution >= 4 is 72.3 Å². The molecule has 0 spiro atoms. The molecule has 1 amide bonds. The van der Waals surface area contributed by atoms with Crippen LogP contribution in [0.15, 0.2) is 18.2 Å². The van der Waals surface area contributed by atoms with Crippen LogP contribution in [0.4, 0.5) is 19.6 Å². The molecule has 312 valence electrons. The summed E-state index contributed by atoms with van der Waals surface area (Å²) in [6.45, 7) is 4.63. The molecule has 17 heteroatoms. The summed E-state index contributed by atoms with van der Waals surface area (Å²) in [4.78, 5) is 28.3. The molecule has 59 heavy (non-hydrogen) atoms. The molecule has 2 N–H and O–H groups in total. The first kappa shape index (κ1) is 41.4. The molecule has 12 nitrogen and oxygen atoms in total. The zero-order valence-electron chi connectivity index (χ0n) is 33.4. The van der Waals surface area contributed by atoms with Crippen LogP contribution in [0, 0.1) is 28.4 Å². The van der Waals surface area contributed by atoms with Crippen molar-refractivity contribution in [1.29, 1.82) is 5.26 Å². The Morgan fingerprint density at radius 2 is 1.88 bits per heavy atom. The van der Waals surface area contributed by atoms with E-state index < -0.39 is 11.6 Å². The van der Waals surface area contributed by atoms with E-state index in [4.69, 9.17) is 43.4 Å². The van der Waals surface area contributed by atoms with Crippen molar-refractivity contribution in [2.45, 2.75) is 76.9 Å². The summed E-state index contributed by atoms with van der Waals surface area (Å²) in [5.41, 5.74) is 7.02. The van der Waals surface area contributed by atoms with E-state index in [0.717, 1.165) is 63.2 Å². The van der Waals surface area contributed by atoms with Gasteiger partial charge in [0.05, 0.1) is 39.2 Å². The number of amides is 1. The van der Waals surface area contributed by atoms with Crippen LogP contribution in [0.5, 0.6) is 6.01 Å². The number of halogens is 4. The molecule has 1 aliphatic carbocycles. The Morgan fingerprint density at radius 3 is 2.59 bits per heavy atom. The largest absolute Gasteiger partial charge is 0.463 e. The first-order chi connectivity index (χ1) is 28.4. The normalized spacial score (nSPS) is 20.7. The molecule has 2 unspecified atom stereocenters. The molecule has 1 saturated carbocycles. The Hall–Kier alpha value is -4.33. The highest BCUT2D eigenvalue weighted by atomic mass is 35.5. The van der Waals surface area contributed by atoms with E-state index in [-0.39, 0.29) is 76.9 Å². The van der Waals surface area contributed by atoms with Crippen LogP contribution in [0.2, 0.25) is 10.0 Å². The summed E-state index contributed by atoms with van der Waals surface area (Å²) in [5, 5.41) is 15.4. The van der Waals surface area contributed by atoms with Gasteiger partial charge in [0.25, 0.3) is 5.91 Å². The Kier molecular flexibility index (Phi) is 11.9. The van der Waals surface area contributed by atoms with Crippen LogP contribution in [-0.4, -0.2) is 95.6 Å². The number of hydrogen-bond acceptors (Lipinski definition) is 11. The number of ether oxygens (including phenoxy) is 2. The van der Waals surface area contributed by atoms with E-state index in [1.54, 1.807) is 24.8 Å². The maximum absolute atomic E-state index is 17.3. The quantitative estimate of drug-likeness (QED) is 0.176. The fraction of sp³-hybridized carbons (Fsp3) is 0.500. The third-order valence-electron chi connectivity index (χ3n) is 12.2. The smallest absolute Gasteiger partial charge is 0.319 e. The van der Waals surface area contributed by atoms with Gasteiger partial charge in [-0.15, -0.1) is 11.3 Å².